The molecule has 7 heteroatoms. The molecule has 1 fully saturated rings. The summed E-state index contributed by atoms with van der Waals surface area (Å²) in [7, 11) is 1.63. The van der Waals surface area contributed by atoms with Crippen LogP contribution in [0.2, 0.25) is 5.02 Å². The molecule has 0 saturated carbocycles. The van der Waals surface area contributed by atoms with Gasteiger partial charge in [0.1, 0.15) is 5.75 Å². The first-order valence-electron chi connectivity index (χ1n) is 10.4. The van der Waals surface area contributed by atoms with E-state index in [9.17, 15) is 9.59 Å². The van der Waals surface area contributed by atoms with E-state index in [-0.39, 0.29) is 11.9 Å². The topological polar surface area (TPSA) is 61.9 Å². The Hall–Kier alpha value is -3.51. The van der Waals surface area contributed by atoms with E-state index >= 15 is 0 Å². The number of amides is 3. The summed E-state index contributed by atoms with van der Waals surface area (Å²) >= 11 is 5.90. The van der Waals surface area contributed by atoms with E-state index < -0.39 is 0 Å². The Morgan fingerprint density at radius 2 is 1.81 bits per heavy atom. The van der Waals surface area contributed by atoms with Gasteiger partial charge in [0.2, 0.25) is 0 Å². The summed E-state index contributed by atoms with van der Waals surface area (Å²) in [5, 5.41) is 3.46. The Balaban J connectivity index is 1.47. The number of nitrogens with one attached hydrogen (secondary N) is 1. The molecule has 0 spiro atoms. The molecule has 1 aliphatic heterocycles. The SMILES string of the molecule is COc1cccc(CN2CCCN(c3cccc(NC(=O)c4ccc(Cl)cc4)c3)C2=O)c1. The van der Waals surface area contributed by atoms with Gasteiger partial charge in [-0.2, -0.15) is 0 Å². The van der Waals surface area contributed by atoms with Crippen LogP contribution in [0.1, 0.15) is 22.3 Å². The van der Waals surface area contributed by atoms with E-state index in [1.807, 2.05) is 47.4 Å². The van der Waals surface area contributed by atoms with E-state index in [2.05, 4.69) is 5.32 Å². The molecule has 0 aromatic heterocycles. The summed E-state index contributed by atoms with van der Waals surface area (Å²) in [6, 6.07) is 21.7. The lowest BCUT2D eigenvalue weighted by Gasteiger charge is -2.36. The standard InChI is InChI=1S/C25H24ClN3O3/c1-32-23-8-2-5-18(15-23)17-28-13-4-14-29(25(28)31)22-7-3-6-21(16-22)27-24(30)19-9-11-20(26)12-10-19/h2-3,5-12,15-16H,4,13-14,17H2,1H3,(H,27,30). The Kier molecular flexibility index (Phi) is 6.61. The molecule has 1 aliphatic rings. The van der Waals surface area contributed by atoms with Crippen LogP contribution in [0.3, 0.4) is 0 Å². The van der Waals surface area contributed by atoms with Crippen LogP contribution in [-0.4, -0.2) is 37.0 Å². The highest BCUT2D eigenvalue weighted by atomic mass is 35.5. The molecule has 3 amide bonds. The van der Waals surface area contributed by atoms with Gasteiger partial charge >= 0.3 is 6.03 Å². The first kappa shape index (κ1) is 21.7. The zero-order valence-electron chi connectivity index (χ0n) is 17.8. The van der Waals surface area contributed by atoms with Crippen molar-refractivity contribution in [3.05, 3.63) is 88.9 Å². The molecule has 0 aliphatic carbocycles. The van der Waals surface area contributed by atoms with E-state index in [0.29, 0.717) is 35.9 Å². The highest BCUT2D eigenvalue weighted by Crippen LogP contribution is 2.25. The van der Waals surface area contributed by atoms with Crippen molar-refractivity contribution in [1.29, 1.82) is 0 Å². The van der Waals surface area contributed by atoms with Gasteiger partial charge < -0.3 is 15.0 Å². The van der Waals surface area contributed by atoms with Crippen molar-refractivity contribution < 1.29 is 14.3 Å². The number of carbonyl (C=O) groups excluding carboxylic acids is 2. The molecule has 1 saturated heterocycles. The van der Waals surface area contributed by atoms with Crippen molar-refractivity contribution >= 4 is 34.9 Å². The van der Waals surface area contributed by atoms with Crippen LogP contribution in [0.15, 0.2) is 72.8 Å². The highest BCUT2D eigenvalue weighted by Gasteiger charge is 2.27. The summed E-state index contributed by atoms with van der Waals surface area (Å²) in [6.45, 7) is 1.83. The Morgan fingerprint density at radius 3 is 2.59 bits per heavy atom. The van der Waals surface area contributed by atoms with E-state index in [1.54, 1.807) is 42.3 Å². The number of methoxy groups -OCH3 is 1. The molecule has 1 heterocycles. The van der Waals surface area contributed by atoms with Crippen LogP contribution in [0.5, 0.6) is 5.75 Å². The van der Waals surface area contributed by atoms with Gasteiger partial charge in [0.25, 0.3) is 5.91 Å². The monoisotopic (exact) mass is 449 g/mol. The number of hydrogen-bond donors (Lipinski definition) is 1. The summed E-state index contributed by atoms with van der Waals surface area (Å²) in [4.78, 5) is 29.3. The van der Waals surface area contributed by atoms with Gasteiger partial charge in [-0.05, 0) is 66.6 Å². The normalized spacial score (nSPS) is 13.8. The molecule has 164 valence electrons. The molecule has 0 bridgehead atoms. The molecular weight excluding hydrogens is 426 g/mol. The lowest BCUT2D eigenvalue weighted by atomic mass is 10.1. The zero-order valence-corrected chi connectivity index (χ0v) is 18.5. The lowest BCUT2D eigenvalue weighted by molar-refractivity contribution is 0.102. The second kappa shape index (κ2) is 9.75. The van der Waals surface area contributed by atoms with E-state index in [1.165, 1.54) is 0 Å². The van der Waals surface area contributed by atoms with Gasteiger partial charge in [-0.1, -0.05) is 29.8 Å². The number of rotatable bonds is 6. The minimum atomic E-state index is -0.233. The number of anilines is 2. The lowest BCUT2D eigenvalue weighted by Crippen LogP contribution is -2.49. The third-order valence-electron chi connectivity index (χ3n) is 5.34. The fourth-order valence-corrected chi connectivity index (χ4v) is 3.84. The third-order valence-corrected chi connectivity index (χ3v) is 5.59. The smallest absolute Gasteiger partial charge is 0.324 e. The fraction of sp³-hybridized carbons (Fsp3) is 0.200. The van der Waals surface area contributed by atoms with Crippen molar-refractivity contribution in [3.63, 3.8) is 0 Å². The minimum Gasteiger partial charge on any atom is -0.497 e. The summed E-state index contributed by atoms with van der Waals surface area (Å²) in [5.74, 6) is 0.538. The van der Waals surface area contributed by atoms with Gasteiger partial charge in [0, 0.05) is 41.6 Å². The summed E-state index contributed by atoms with van der Waals surface area (Å²) < 4.78 is 5.29. The molecule has 0 atom stereocenters. The van der Waals surface area contributed by atoms with E-state index in [0.717, 1.165) is 23.4 Å². The van der Waals surface area contributed by atoms with Gasteiger partial charge in [-0.25, -0.2) is 4.79 Å². The molecule has 0 unspecified atom stereocenters. The number of halogens is 1. The quantitative estimate of drug-likeness (QED) is 0.545. The maximum absolute atomic E-state index is 13.2. The van der Waals surface area contributed by atoms with Crippen LogP contribution < -0.4 is 15.0 Å². The number of benzene rings is 3. The highest BCUT2D eigenvalue weighted by molar-refractivity contribution is 6.30. The average Bonchev–Trinajstić information content (AvgIpc) is 2.81. The van der Waals surface area contributed by atoms with Gasteiger partial charge in [-0.3, -0.25) is 9.69 Å². The molecule has 3 aromatic rings. The van der Waals surface area contributed by atoms with Crippen LogP contribution >= 0.6 is 11.6 Å². The van der Waals surface area contributed by atoms with Crippen molar-refractivity contribution in [2.45, 2.75) is 13.0 Å². The third kappa shape index (κ3) is 5.03. The first-order chi connectivity index (χ1) is 15.5. The molecule has 3 aromatic carbocycles. The number of hydrogen-bond acceptors (Lipinski definition) is 3. The van der Waals surface area contributed by atoms with E-state index in [4.69, 9.17) is 16.3 Å². The predicted molar refractivity (Wildman–Crippen MR) is 127 cm³/mol. The van der Waals surface area contributed by atoms with Crippen LogP contribution in [-0.2, 0) is 6.54 Å². The Morgan fingerprint density at radius 1 is 1.03 bits per heavy atom. The molecule has 1 N–H and O–H groups in total. The van der Waals surface area contributed by atoms with Gasteiger partial charge in [0.15, 0.2) is 0 Å². The largest absolute Gasteiger partial charge is 0.497 e. The second-order valence-corrected chi connectivity index (χ2v) is 8.01. The number of ether oxygens (including phenoxy) is 1. The average molecular weight is 450 g/mol. The van der Waals surface area contributed by atoms with Crippen LogP contribution in [0, 0.1) is 0 Å². The number of carbonyl (C=O) groups is 2. The summed E-state index contributed by atoms with van der Waals surface area (Å²) in [6.07, 6.45) is 0.858. The van der Waals surface area contributed by atoms with Gasteiger partial charge in [0.05, 0.1) is 7.11 Å². The Labute approximate surface area is 192 Å². The van der Waals surface area contributed by atoms with Crippen LogP contribution in [0.25, 0.3) is 0 Å². The molecule has 0 radical (unpaired) electrons. The maximum atomic E-state index is 13.2. The number of urea groups is 1. The van der Waals surface area contributed by atoms with Gasteiger partial charge in [-0.15, -0.1) is 0 Å². The zero-order chi connectivity index (χ0) is 22.5. The predicted octanol–water partition coefficient (Wildman–Crippen LogP) is 5.43. The maximum Gasteiger partial charge on any atom is 0.324 e. The fourth-order valence-electron chi connectivity index (χ4n) is 3.72. The molecule has 32 heavy (non-hydrogen) atoms. The van der Waals surface area contributed by atoms with Crippen molar-refractivity contribution in [2.75, 3.05) is 30.4 Å². The first-order valence-corrected chi connectivity index (χ1v) is 10.8. The molecular formula is C25H24ClN3O3. The van der Waals surface area contributed by atoms with Crippen molar-refractivity contribution in [2.24, 2.45) is 0 Å². The summed E-state index contributed by atoms with van der Waals surface area (Å²) in [5.41, 5.74) is 2.90. The second-order valence-electron chi connectivity index (χ2n) is 7.57. The van der Waals surface area contributed by atoms with Crippen molar-refractivity contribution in [3.8, 4) is 5.75 Å². The molecule has 4 rings (SSSR count). The molecule has 6 nitrogen and oxygen atoms in total. The van der Waals surface area contributed by atoms with Crippen molar-refractivity contribution in [1.82, 2.24) is 4.90 Å². The van der Waals surface area contributed by atoms with Crippen LogP contribution in [0.4, 0.5) is 16.2 Å². The number of nitrogens with zero attached hydrogens (tertiary/aromatic N) is 2. The Bertz CT molecular complexity index is 1120. The minimum absolute atomic E-state index is 0.0553.